The average molecular weight is 342 g/mol. The maximum absolute atomic E-state index is 13.5. The van der Waals surface area contributed by atoms with E-state index in [1.165, 1.54) is 19.1 Å². The highest BCUT2D eigenvalue weighted by atomic mass is 19.4. The smallest absolute Gasteiger partial charge is 0.434 e. The number of hydrogen-bond donors (Lipinski definition) is 0. The molecule has 0 N–H and O–H groups in total. The number of nitrogens with zero attached hydrogens (tertiary/aromatic N) is 2. The van der Waals surface area contributed by atoms with Crippen molar-refractivity contribution in [2.45, 2.75) is 13.1 Å². The average Bonchev–Trinajstić information content (AvgIpc) is 3.00. The third-order valence-corrected chi connectivity index (χ3v) is 3.31. The van der Waals surface area contributed by atoms with Gasteiger partial charge in [0, 0.05) is 0 Å². The van der Waals surface area contributed by atoms with E-state index in [1.54, 1.807) is 6.07 Å². The van der Waals surface area contributed by atoms with E-state index in [1.807, 2.05) is 0 Å². The number of halogens is 3. The van der Waals surface area contributed by atoms with E-state index in [2.05, 4.69) is 9.84 Å². The van der Waals surface area contributed by atoms with Crippen molar-refractivity contribution in [1.82, 2.24) is 9.78 Å². The van der Waals surface area contributed by atoms with Gasteiger partial charge in [-0.1, -0.05) is 6.07 Å². The van der Waals surface area contributed by atoms with Gasteiger partial charge in [-0.05, 0) is 19.1 Å². The molecule has 2 heterocycles. The molecule has 1 aliphatic heterocycles. The monoisotopic (exact) mass is 342 g/mol. The second-order valence-electron chi connectivity index (χ2n) is 4.84. The molecule has 3 rings (SSSR count). The number of para-hydroxylation sites is 1. The van der Waals surface area contributed by atoms with Crippen LogP contribution in [0.3, 0.4) is 0 Å². The molecule has 0 saturated carbocycles. The molecule has 0 aliphatic carbocycles. The van der Waals surface area contributed by atoms with Gasteiger partial charge in [-0.2, -0.15) is 18.3 Å². The molecule has 0 saturated heterocycles. The molecule has 2 aromatic rings. The lowest BCUT2D eigenvalue weighted by Gasteiger charge is -2.22. The highest BCUT2D eigenvalue weighted by Gasteiger charge is 2.41. The number of benzene rings is 1. The van der Waals surface area contributed by atoms with Gasteiger partial charge in [-0.3, -0.25) is 0 Å². The van der Waals surface area contributed by atoms with Crippen molar-refractivity contribution >= 4 is 5.97 Å². The summed E-state index contributed by atoms with van der Waals surface area (Å²) in [6.07, 6.45) is -3.97. The summed E-state index contributed by atoms with van der Waals surface area (Å²) in [4.78, 5) is 11.8. The van der Waals surface area contributed by atoms with E-state index in [0.717, 1.165) is 6.20 Å². The van der Waals surface area contributed by atoms with Crippen molar-refractivity contribution in [3.63, 3.8) is 0 Å². The maximum Gasteiger partial charge on any atom is 0.434 e. The summed E-state index contributed by atoms with van der Waals surface area (Å²) in [6.45, 7) is 1.97. The maximum atomic E-state index is 13.5. The minimum absolute atomic E-state index is 0.0371. The number of fused-ring (bicyclic) bond motifs is 1. The lowest BCUT2D eigenvalue weighted by Crippen LogP contribution is -2.21. The largest absolute Gasteiger partial charge is 0.486 e. The van der Waals surface area contributed by atoms with Gasteiger partial charge in [0.2, 0.25) is 0 Å². The van der Waals surface area contributed by atoms with Crippen LogP contribution in [-0.4, -0.2) is 35.6 Å². The van der Waals surface area contributed by atoms with E-state index in [9.17, 15) is 18.0 Å². The summed E-state index contributed by atoms with van der Waals surface area (Å²) in [6, 6.07) is 4.51. The van der Waals surface area contributed by atoms with Gasteiger partial charge < -0.3 is 14.2 Å². The molecule has 9 heteroatoms. The first-order chi connectivity index (χ1) is 11.4. The first-order valence-electron chi connectivity index (χ1n) is 7.14. The fraction of sp³-hybridized carbons (Fsp3) is 0.333. The van der Waals surface area contributed by atoms with Crippen molar-refractivity contribution in [3.8, 4) is 17.2 Å². The predicted molar refractivity (Wildman–Crippen MR) is 75.5 cm³/mol. The highest BCUT2D eigenvalue weighted by molar-refractivity contribution is 5.91. The molecule has 0 atom stereocenters. The fourth-order valence-corrected chi connectivity index (χ4v) is 2.39. The number of carbonyl (C=O) groups is 1. The zero-order chi connectivity index (χ0) is 17.3. The second kappa shape index (κ2) is 6.06. The summed E-state index contributed by atoms with van der Waals surface area (Å²) < 4.78 is 56.7. The Morgan fingerprint density at radius 2 is 2.08 bits per heavy atom. The lowest BCUT2D eigenvalue weighted by atomic mass is 10.2. The molecular weight excluding hydrogens is 329 g/mol. The van der Waals surface area contributed by atoms with Crippen LogP contribution in [-0.2, 0) is 10.9 Å². The Labute approximate surface area is 134 Å². The van der Waals surface area contributed by atoms with Gasteiger partial charge >= 0.3 is 12.1 Å². The Morgan fingerprint density at radius 3 is 2.79 bits per heavy atom. The Hall–Kier alpha value is -2.71. The quantitative estimate of drug-likeness (QED) is 0.803. The topological polar surface area (TPSA) is 62.6 Å². The molecule has 1 aromatic heterocycles. The Kier molecular flexibility index (Phi) is 4.08. The van der Waals surface area contributed by atoms with Gasteiger partial charge in [0.1, 0.15) is 24.5 Å². The van der Waals surface area contributed by atoms with Gasteiger partial charge in [0.15, 0.2) is 17.2 Å². The highest BCUT2D eigenvalue weighted by Crippen LogP contribution is 2.40. The number of rotatable bonds is 3. The van der Waals surface area contributed by atoms with E-state index in [0.29, 0.717) is 17.0 Å². The van der Waals surface area contributed by atoms with Crippen molar-refractivity contribution in [2.24, 2.45) is 0 Å². The molecule has 128 valence electrons. The zero-order valence-corrected chi connectivity index (χ0v) is 12.6. The minimum atomic E-state index is -4.81. The first-order valence-corrected chi connectivity index (χ1v) is 7.14. The lowest BCUT2D eigenvalue weighted by molar-refractivity contribution is -0.143. The zero-order valence-electron chi connectivity index (χ0n) is 12.6. The van der Waals surface area contributed by atoms with Crippen LogP contribution in [0.1, 0.15) is 23.0 Å². The Balaban J connectivity index is 2.18. The van der Waals surface area contributed by atoms with Crippen LogP contribution in [0, 0.1) is 0 Å². The van der Waals surface area contributed by atoms with Gasteiger partial charge in [-0.25, -0.2) is 9.48 Å². The number of esters is 1. The summed E-state index contributed by atoms with van der Waals surface area (Å²) in [5.74, 6) is -0.620. The van der Waals surface area contributed by atoms with E-state index in [-0.39, 0.29) is 24.7 Å². The standard InChI is InChI=1S/C15H13F3N2O4/c1-2-22-14(21)9-8-19-20(13(9)15(16,17)18)10-4-3-5-11-12(10)24-7-6-23-11/h3-5,8H,2,6-7H2,1H3. The van der Waals surface area contributed by atoms with E-state index in [4.69, 9.17) is 9.47 Å². The summed E-state index contributed by atoms with van der Waals surface area (Å²) in [7, 11) is 0. The third-order valence-electron chi connectivity index (χ3n) is 3.31. The van der Waals surface area contributed by atoms with Gasteiger partial charge in [0.25, 0.3) is 0 Å². The number of carbonyl (C=O) groups excluding carboxylic acids is 1. The number of hydrogen-bond acceptors (Lipinski definition) is 5. The molecule has 0 amide bonds. The summed E-state index contributed by atoms with van der Waals surface area (Å²) in [5.41, 5.74) is -1.84. The van der Waals surface area contributed by atoms with Crippen LogP contribution in [0.15, 0.2) is 24.4 Å². The molecule has 6 nitrogen and oxygen atoms in total. The van der Waals surface area contributed by atoms with Crippen LogP contribution >= 0.6 is 0 Å². The van der Waals surface area contributed by atoms with Gasteiger partial charge in [0.05, 0.1) is 12.8 Å². The van der Waals surface area contributed by atoms with Crippen LogP contribution in [0.4, 0.5) is 13.2 Å². The van der Waals surface area contributed by atoms with Crippen molar-refractivity contribution in [3.05, 3.63) is 35.7 Å². The molecule has 0 radical (unpaired) electrons. The molecule has 24 heavy (non-hydrogen) atoms. The van der Waals surface area contributed by atoms with E-state index < -0.39 is 23.4 Å². The predicted octanol–water partition coefficient (Wildman–Crippen LogP) is 2.84. The summed E-state index contributed by atoms with van der Waals surface area (Å²) >= 11 is 0. The van der Waals surface area contributed by atoms with Crippen LogP contribution in [0.5, 0.6) is 11.5 Å². The first kappa shape index (κ1) is 16.2. The number of ether oxygens (including phenoxy) is 3. The van der Waals surface area contributed by atoms with Crippen molar-refractivity contribution < 1.29 is 32.2 Å². The number of aromatic nitrogens is 2. The molecular formula is C15H13F3N2O4. The number of alkyl halides is 3. The molecule has 0 unspecified atom stereocenters. The Morgan fingerprint density at radius 1 is 1.33 bits per heavy atom. The molecule has 0 bridgehead atoms. The van der Waals surface area contributed by atoms with Crippen LogP contribution in [0.25, 0.3) is 5.69 Å². The molecule has 0 spiro atoms. The molecule has 0 fully saturated rings. The molecule has 1 aromatic carbocycles. The molecule has 1 aliphatic rings. The fourth-order valence-electron chi connectivity index (χ4n) is 2.39. The normalized spacial score (nSPS) is 13.7. The van der Waals surface area contributed by atoms with Crippen molar-refractivity contribution in [2.75, 3.05) is 19.8 Å². The van der Waals surface area contributed by atoms with Crippen LogP contribution < -0.4 is 9.47 Å². The second-order valence-corrected chi connectivity index (χ2v) is 4.84. The SMILES string of the molecule is CCOC(=O)c1cnn(-c2cccc3c2OCCO3)c1C(F)(F)F. The van der Waals surface area contributed by atoms with E-state index >= 15 is 0 Å². The van der Waals surface area contributed by atoms with Crippen LogP contribution in [0.2, 0.25) is 0 Å². The van der Waals surface area contributed by atoms with Crippen molar-refractivity contribution in [1.29, 1.82) is 0 Å². The summed E-state index contributed by atoms with van der Waals surface area (Å²) in [5, 5.41) is 3.72. The third kappa shape index (κ3) is 2.77. The van der Waals surface area contributed by atoms with Gasteiger partial charge in [-0.15, -0.1) is 0 Å². The Bertz CT molecular complexity index is 771. The minimum Gasteiger partial charge on any atom is -0.486 e.